The molecule has 0 aliphatic carbocycles. The molecule has 0 fully saturated rings. The van der Waals surface area contributed by atoms with Crippen molar-refractivity contribution in [2.75, 3.05) is 30.3 Å². The van der Waals surface area contributed by atoms with Gasteiger partial charge in [-0.05, 0) is 49.9 Å². The van der Waals surface area contributed by atoms with Gasteiger partial charge in [0.25, 0.3) is 10.1 Å². The van der Waals surface area contributed by atoms with Gasteiger partial charge < -0.3 is 4.90 Å². The predicted molar refractivity (Wildman–Crippen MR) is 158 cm³/mol. The smallest absolute Gasteiger partial charge is 0.265 e. The van der Waals surface area contributed by atoms with Crippen molar-refractivity contribution < 1.29 is 17.5 Å². The summed E-state index contributed by atoms with van der Waals surface area (Å²) in [6.45, 7) is 10.7. The minimum absolute atomic E-state index is 0.181. The van der Waals surface area contributed by atoms with Gasteiger partial charge in [-0.1, -0.05) is 61.4 Å². The van der Waals surface area contributed by atoms with Crippen LogP contribution in [0.4, 0.5) is 11.4 Å². The molecule has 2 aromatic carbocycles. The highest BCUT2D eigenvalue weighted by Gasteiger charge is 2.44. The summed E-state index contributed by atoms with van der Waals surface area (Å²) in [7, 11) is -4.02. The van der Waals surface area contributed by atoms with Crippen LogP contribution < -0.4 is 4.90 Å². The number of benzene rings is 2. The van der Waals surface area contributed by atoms with Gasteiger partial charge in [-0.25, -0.2) is 0 Å². The van der Waals surface area contributed by atoms with E-state index >= 15 is 0 Å². The lowest BCUT2D eigenvalue weighted by Crippen LogP contribution is -2.28. The Morgan fingerprint density at radius 1 is 1.00 bits per heavy atom. The minimum Gasteiger partial charge on any atom is -0.344 e. The zero-order valence-electron chi connectivity index (χ0n) is 23.2. The van der Waals surface area contributed by atoms with E-state index in [0.29, 0.717) is 19.5 Å². The van der Waals surface area contributed by atoms with Crippen LogP contribution in [0.15, 0.2) is 77.6 Å². The number of hydrogen-bond donors (Lipinski definition) is 1. The molecule has 9 heteroatoms. The summed E-state index contributed by atoms with van der Waals surface area (Å²) in [6, 6.07) is 16.7. The Morgan fingerprint density at radius 2 is 1.69 bits per heavy atom. The Morgan fingerprint density at radius 3 is 2.41 bits per heavy atom. The largest absolute Gasteiger partial charge is 0.344 e. The van der Waals surface area contributed by atoms with Crippen molar-refractivity contribution in [3.8, 4) is 0 Å². The second-order valence-electron chi connectivity index (χ2n) is 11.2. The number of para-hydroxylation sites is 2. The first-order chi connectivity index (χ1) is 18.5. The van der Waals surface area contributed by atoms with Crippen molar-refractivity contribution >= 4 is 27.2 Å². The van der Waals surface area contributed by atoms with E-state index in [0.717, 1.165) is 30.8 Å². The van der Waals surface area contributed by atoms with E-state index in [1.807, 2.05) is 12.1 Å². The van der Waals surface area contributed by atoms with Crippen LogP contribution in [-0.4, -0.2) is 48.6 Å². The fraction of sp³-hybridized carbons (Fsp3) is 0.433. The quantitative estimate of drug-likeness (QED) is 0.0844. The molecule has 206 valence electrons. The third-order valence-electron chi connectivity index (χ3n) is 7.84. The summed E-state index contributed by atoms with van der Waals surface area (Å²) in [4.78, 5) is 5.24. The molecule has 0 radical (unpaired) electrons. The second kappa shape index (κ2) is 11.4. The molecule has 4 rings (SSSR count). The van der Waals surface area contributed by atoms with Crippen molar-refractivity contribution in [3.05, 3.63) is 94.0 Å². The van der Waals surface area contributed by atoms with Crippen molar-refractivity contribution in [1.29, 1.82) is 0 Å². The number of fused-ring (bicyclic) bond motifs is 2. The molecule has 0 atom stereocenters. The van der Waals surface area contributed by atoms with Crippen LogP contribution in [0.3, 0.4) is 0 Å². The van der Waals surface area contributed by atoms with E-state index in [-0.39, 0.29) is 16.6 Å². The third kappa shape index (κ3) is 5.96. The lowest BCUT2D eigenvalue weighted by Gasteiger charge is -2.27. The van der Waals surface area contributed by atoms with Crippen molar-refractivity contribution in [2.45, 2.75) is 57.8 Å². The normalized spacial score (nSPS) is 18.5. The number of nitrogens with zero attached hydrogens (tertiary/aromatic N) is 5. The Balaban J connectivity index is 1.68. The van der Waals surface area contributed by atoms with Crippen LogP contribution in [0.1, 0.15) is 58.1 Å². The third-order valence-corrected chi connectivity index (χ3v) is 8.65. The first-order valence-electron chi connectivity index (χ1n) is 13.4. The lowest BCUT2D eigenvalue weighted by molar-refractivity contribution is -0.437. The molecule has 0 aromatic heterocycles. The Hall–Kier alpha value is -3.39. The molecular weight excluding hydrogens is 510 g/mol. The Kier molecular flexibility index (Phi) is 8.35. The van der Waals surface area contributed by atoms with Gasteiger partial charge >= 0.3 is 0 Å². The number of rotatable bonds is 11. The summed E-state index contributed by atoms with van der Waals surface area (Å²) in [5.74, 6) is -0.270. The van der Waals surface area contributed by atoms with E-state index in [1.165, 1.54) is 22.5 Å². The number of hydrogen-bond acceptors (Lipinski definition) is 4. The number of unbranched alkanes of at least 4 members (excludes halogenated alkanes) is 1. The highest BCUT2D eigenvalue weighted by Crippen LogP contribution is 2.47. The van der Waals surface area contributed by atoms with E-state index in [1.54, 1.807) is 0 Å². The van der Waals surface area contributed by atoms with Gasteiger partial charge in [-0.3, -0.25) is 4.55 Å². The summed E-state index contributed by atoms with van der Waals surface area (Å²) >= 11 is 0. The first kappa shape index (κ1) is 28.6. The van der Waals surface area contributed by atoms with Crippen molar-refractivity contribution in [3.63, 3.8) is 0 Å². The summed E-state index contributed by atoms with van der Waals surface area (Å²) < 4.78 is 34.2. The molecule has 39 heavy (non-hydrogen) atoms. The molecule has 2 aliphatic rings. The monoisotopic (exact) mass is 548 g/mol. The molecule has 1 N–H and O–H groups in total. The Labute approximate surface area is 231 Å². The molecule has 2 aliphatic heterocycles. The van der Waals surface area contributed by atoms with Crippen LogP contribution >= 0.6 is 0 Å². The first-order valence-corrected chi connectivity index (χ1v) is 15.1. The van der Waals surface area contributed by atoms with Crippen LogP contribution in [0, 0.1) is 0 Å². The van der Waals surface area contributed by atoms with Crippen molar-refractivity contribution in [2.24, 2.45) is 5.11 Å². The summed E-state index contributed by atoms with van der Waals surface area (Å²) in [5.41, 5.74) is 15.2. The molecule has 0 saturated heterocycles. The van der Waals surface area contributed by atoms with Gasteiger partial charge in [0.2, 0.25) is 5.69 Å². The van der Waals surface area contributed by atoms with Crippen LogP contribution in [0.25, 0.3) is 10.4 Å². The topological polar surface area (TPSA) is 109 Å². The number of anilines is 1. The standard InChI is InChI=1S/C30H37N5O3S/c1-29(2)23-13-5-7-15-25(23)34(20-10-9-19-32-33-31)27(29)17-11-18-28-30(3,4)24-14-6-8-16-26(24)35(28)21-12-22-39(36,37)38/h5-8,11,13-18H,9-10,12,19-22H2,1-4H3/p+1. The zero-order valence-corrected chi connectivity index (χ0v) is 24.0. The van der Waals surface area contributed by atoms with Gasteiger partial charge in [-0.15, -0.1) is 0 Å². The number of allylic oxidation sites excluding steroid dienone is 4. The molecular formula is C30H38N5O3S+. The number of azide groups is 1. The predicted octanol–water partition coefficient (Wildman–Crippen LogP) is 6.67. The van der Waals surface area contributed by atoms with Gasteiger partial charge in [0, 0.05) is 58.9 Å². The maximum Gasteiger partial charge on any atom is 0.265 e. The summed E-state index contributed by atoms with van der Waals surface area (Å²) in [6.07, 6.45) is 8.50. The van der Waals surface area contributed by atoms with Gasteiger partial charge in [0.05, 0.1) is 11.2 Å². The molecule has 0 bridgehead atoms. The lowest BCUT2D eigenvalue weighted by atomic mass is 9.81. The van der Waals surface area contributed by atoms with Crippen LogP contribution in [-0.2, 0) is 20.9 Å². The van der Waals surface area contributed by atoms with Crippen LogP contribution in [0.5, 0.6) is 0 Å². The van der Waals surface area contributed by atoms with Crippen molar-refractivity contribution in [1.82, 2.24) is 0 Å². The highest BCUT2D eigenvalue weighted by atomic mass is 32.2. The molecule has 2 aromatic rings. The Bertz CT molecular complexity index is 1480. The molecule has 0 spiro atoms. The maximum atomic E-state index is 11.4. The second-order valence-corrected chi connectivity index (χ2v) is 12.8. The summed E-state index contributed by atoms with van der Waals surface area (Å²) in [5, 5.41) is 3.68. The van der Waals surface area contributed by atoms with E-state index in [9.17, 15) is 13.0 Å². The maximum absolute atomic E-state index is 11.4. The fourth-order valence-electron chi connectivity index (χ4n) is 5.90. The molecule has 0 unspecified atom stereocenters. The molecule has 8 nitrogen and oxygen atoms in total. The SMILES string of the molecule is CC1(C)C(/C=C/C=C2/N(CCCCN=[N+]=[N-])c3ccccc3C2(C)C)=[N+](CCCS(=O)(=O)O)c2ccccc21. The van der Waals surface area contributed by atoms with E-state index in [4.69, 9.17) is 5.53 Å². The fourth-order valence-corrected chi connectivity index (χ4v) is 6.39. The van der Waals surface area contributed by atoms with Crippen LogP contribution in [0.2, 0.25) is 0 Å². The average Bonchev–Trinajstić information content (AvgIpc) is 3.23. The highest BCUT2D eigenvalue weighted by molar-refractivity contribution is 7.85. The zero-order chi connectivity index (χ0) is 28.3. The molecule has 0 saturated carbocycles. The van der Waals surface area contributed by atoms with Gasteiger partial charge in [-0.2, -0.15) is 13.0 Å². The average molecular weight is 549 g/mol. The van der Waals surface area contributed by atoms with E-state index < -0.39 is 10.1 Å². The molecule has 2 heterocycles. The van der Waals surface area contributed by atoms with Gasteiger partial charge in [0.15, 0.2) is 5.71 Å². The molecule has 0 amide bonds. The minimum atomic E-state index is -4.02. The van der Waals surface area contributed by atoms with Gasteiger partial charge in [0.1, 0.15) is 6.54 Å². The van der Waals surface area contributed by atoms with E-state index in [2.05, 4.69) is 102 Å².